The number of benzene rings is 2. The van der Waals surface area contributed by atoms with Gasteiger partial charge in [0, 0.05) is 5.69 Å². The van der Waals surface area contributed by atoms with Gasteiger partial charge in [-0.1, -0.05) is 50.6 Å². The van der Waals surface area contributed by atoms with Crippen molar-refractivity contribution in [2.75, 3.05) is 5.32 Å². The number of hydrogen-bond acceptors (Lipinski definition) is 2. The maximum atomic E-state index is 12.4. The second-order valence-electron chi connectivity index (χ2n) is 5.62. The lowest BCUT2D eigenvalue weighted by atomic mass is 10.1. The van der Waals surface area contributed by atoms with Crippen LogP contribution >= 0.6 is 0 Å². The molecule has 3 nitrogen and oxygen atoms in total. The van der Waals surface area contributed by atoms with Crippen LogP contribution in [0.2, 0.25) is 0 Å². The first-order valence-electron chi connectivity index (χ1n) is 8.34. The maximum absolute atomic E-state index is 12.4. The van der Waals surface area contributed by atoms with Gasteiger partial charge in [-0.2, -0.15) is 0 Å². The molecule has 1 atom stereocenters. The van der Waals surface area contributed by atoms with E-state index < -0.39 is 6.10 Å². The number of aryl methyl sites for hydroxylation is 1. The molecule has 1 amide bonds. The zero-order valence-corrected chi connectivity index (χ0v) is 13.9. The number of carbonyl (C=O) groups is 1. The fraction of sp³-hybridized carbons (Fsp3) is 0.350. The van der Waals surface area contributed by atoms with Gasteiger partial charge in [-0.15, -0.1) is 0 Å². The van der Waals surface area contributed by atoms with Gasteiger partial charge in [0.15, 0.2) is 6.10 Å². The van der Waals surface area contributed by atoms with E-state index in [9.17, 15) is 4.79 Å². The zero-order chi connectivity index (χ0) is 16.5. The molecule has 0 heterocycles. The molecule has 2 aromatic carbocycles. The number of amides is 1. The molecule has 0 aliphatic heterocycles. The summed E-state index contributed by atoms with van der Waals surface area (Å²) in [5.41, 5.74) is 2.11. The highest BCUT2D eigenvalue weighted by atomic mass is 16.5. The molecule has 0 radical (unpaired) electrons. The van der Waals surface area contributed by atoms with Gasteiger partial charge in [0.1, 0.15) is 5.75 Å². The predicted molar refractivity (Wildman–Crippen MR) is 94.8 cm³/mol. The molecule has 0 saturated heterocycles. The molecule has 0 fully saturated rings. The number of nitrogens with one attached hydrogen (secondary N) is 1. The van der Waals surface area contributed by atoms with Crippen LogP contribution in [0.3, 0.4) is 0 Å². The summed E-state index contributed by atoms with van der Waals surface area (Å²) in [5.74, 6) is 0.599. The topological polar surface area (TPSA) is 38.3 Å². The second kappa shape index (κ2) is 8.99. The highest BCUT2D eigenvalue weighted by Crippen LogP contribution is 2.16. The molecule has 2 rings (SSSR count). The lowest BCUT2D eigenvalue weighted by molar-refractivity contribution is -0.122. The van der Waals surface area contributed by atoms with Crippen molar-refractivity contribution in [3.05, 3.63) is 60.2 Å². The van der Waals surface area contributed by atoms with Crippen LogP contribution in [0.4, 0.5) is 5.69 Å². The van der Waals surface area contributed by atoms with E-state index in [1.807, 2.05) is 49.4 Å². The van der Waals surface area contributed by atoms with Crippen molar-refractivity contribution >= 4 is 11.6 Å². The lowest BCUT2D eigenvalue weighted by Crippen LogP contribution is -2.32. The summed E-state index contributed by atoms with van der Waals surface area (Å²) in [6, 6.07) is 17.5. The van der Waals surface area contributed by atoms with Gasteiger partial charge in [-0.25, -0.2) is 0 Å². The van der Waals surface area contributed by atoms with E-state index in [0.717, 1.165) is 12.1 Å². The quantitative estimate of drug-likeness (QED) is 0.758. The molecule has 1 N–H and O–H groups in total. The number of ether oxygens (including phenoxy) is 1. The van der Waals surface area contributed by atoms with E-state index in [4.69, 9.17) is 4.74 Å². The first-order chi connectivity index (χ1) is 11.2. The van der Waals surface area contributed by atoms with E-state index in [0.29, 0.717) is 12.2 Å². The number of hydrogen-bond donors (Lipinski definition) is 1. The first-order valence-corrected chi connectivity index (χ1v) is 8.34. The molecule has 0 aliphatic carbocycles. The van der Waals surface area contributed by atoms with Gasteiger partial charge < -0.3 is 10.1 Å². The van der Waals surface area contributed by atoms with Gasteiger partial charge >= 0.3 is 0 Å². The summed E-state index contributed by atoms with van der Waals surface area (Å²) in [4.78, 5) is 12.4. The minimum atomic E-state index is -0.489. The SMILES string of the molecule is CCCCc1ccc(NC(=O)C(CC)Oc2ccccc2)cc1. The molecule has 1 unspecified atom stereocenters. The molecule has 0 saturated carbocycles. The summed E-state index contributed by atoms with van der Waals surface area (Å²) in [6.45, 7) is 4.13. The third-order valence-corrected chi connectivity index (χ3v) is 3.73. The van der Waals surface area contributed by atoms with Crippen LogP contribution in [0.1, 0.15) is 38.7 Å². The van der Waals surface area contributed by atoms with Crippen molar-refractivity contribution in [2.24, 2.45) is 0 Å². The Balaban J connectivity index is 1.93. The van der Waals surface area contributed by atoms with Gasteiger partial charge in [-0.05, 0) is 49.1 Å². The van der Waals surface area contributed by atoms with Crippen LogP contribution < -0.4 is 10.1 Å². The Bertz CT molecular complexity index is 593. The Morgan fingerprint density at radius 2 is 1.74 bits per heavy atom. The molecular weight excluding hydrogens is 286 g/mol. The molecule has 122 valence electrons. The predicted octanol–water partition coefficient (Wildman–Crippen LogP) is 4.83. The summed E-state index contributed by atoms with van der Waals surface area (Å²) in [6.07, 6.45) is 3.59. The van der Waals surface area contributed by atoms with Crippen LogP contribution in [0.5, 0.6) is 5.75 Å². The highest BCUT2D eigenvalue weighted by Gasteiger charge is 2.18. The highest BCUT2D eigenvalue weighted by molar-refractivity contribution is 5.94. The fourth-order valence-corrected chi connectivity index (χ4v) is 2.34. The largest absolute Gasteiger partial charge is 0.481 e. The van der Waals surface area contributed by atoms with Crippen LogP contribution in [0.15, 0.2) is 54.6 Å². The molecule has 0 aromatic heterocycles. The summed E-state index contributed by atoms with van der Waals surface area (Å²) in [7, 11) is 0. The molecular formula is C20H25NO2. The van der Waals surface area contributed by atoms with Crippen molar-refractivity contribution in [3.63, 3.8) is 0 Å². The third kappa shape index (κ3) is 5.44. The summed E-state index contributed by atoms with van der Waals surface area (Å²) in [5, 5.41) is 2.93. The summed E-state index contributed by atoms with van der Waals surface area (Å²) < 4.78 is 5.76. The molecule has 2 aromatic rings. The van der Waals surface area contributed by atoms with Gasteiger partial charge in [-0.3, -0.25) is 4.79 Å². The number of rotatable bonds is 8. The average molecular weight is 311 g/mol. The number of carbonyl (C=O) groups excluding carboxylic acids is 1. The fourth-order valence-electron chi connectivity index (χ4n) is 2.34. The van der Waals surface area contributed by atoms with E-state index in [2.05, 4.69) is 24.4 Å². The van der Waals surface area contributed by atoms with Crippen molar-refractivity contribution in [2.45, 2.75) is 45.6 Å². The number of para-hydroxylation sites is 1. The Morgan fingerprint density at radius 3 is 2.35 bits per heavy atom. The molecule has 0 bridgehead atoms. The van der Waals surface area contributed by atoms with Gasteiger partial charge in [0.2, 0.25) is 0 Å². The van der Waals surface area contributed by atoms with E-state index in [-0.39, 0.29) is 5.91 Å². The number of unbranched alkanes of at least 4 members (excludes halogenated alkanes) is 1. The van der Waals surface area contributed by atoms with Crippen LogP contribution in [0.25, 0.3) is 0 Å². The maximum Gasteiger partial charge on any atom is 0.265 e. The van der Waals surface area contributed by atoms with E-state index in [1.165, 1.54) is 18.4 Å². The van der Waals surface area contributed by atoms with Gasteiger partial charge in [0.05, 0.1) is 0 Å². The molecule has 0 spiro atoms. The summed E-state index contributed by atoms with van der Waals surface area (Å²) >= 11 is 0. The zero-order valence-electron chi connectivity index (χ0n) is 13.9. The Morgan fingerprint density at radius 1 is 1.04 bits per heavy atom. The Labute approximate surface area is 138 Å². The van der Waals surface area contributed by atoms with Crippen molar-refractivity contribution in [3.8, 4) is 5.75 Å². The van der Waals surface area contributed by atoms with Crippen LogP contribution in [-0.2, 0) is 11.2 Å². The van der Waals surface area contributed by atoms with E-state index >= 15 is 0 Å². The van der Waals surface area contributed by atoms with Crippen LogP contribution in [0, 0.1) is 0 Å². The normalized spacial score (nSPS) is 11.7. The molecule has 3 heteroatoms. The second-order valence-corrected chi connectivity index (χ2v) is 5.62. The smallest absolute Gasteiger partial charge is 0.265 e. The first kappa shape index (κ1) is 17.1. The van der Waals surface area contributed by atoms with Gasteiger partial charge in [0.25, 0.3) is 5.91 Å². The third-order valence-electron chi connectivity index (χ3n) is 3.73. The average Bonchev–Trinajstić information content (AvgIpc) is 2.60. The lowest BCUT2D eigenvalue weighted by Gasteiger charge is -2.17. The Hall–Kier alpha value is -2.29. The van der Waals surface area contributed by atoms with Crippen molar-refractivity contribution in [1.29, 1.82) is 0 Å². The standard InChI is InChI=1S/C20H25NO2/c1-3-5-9-16-12-14-17(15-13-16)21-20(22)19(4-2)23-18-10-7-6-8-11-18/h6-8,10-15,19H,3-5,9H2,1-2H3,(H,21,22). The minimum absolute atomic E-state index is 0.113. The minimum Gasteiger partial charge on any atom is -0.481 e. The Kier molecular flexibility index (Phi) is 6.67. The van der Waals surface area contributed by atoms with E-state index in [1.54, 1.807) is 0 Å². The van der Waals surface area contributed by atoms with Crippen molar-refractivity contribution in [1.82, 2.24) is 0 Å². The van der Waals surface area contributed by atoms with Crippen LogP contribution in [-0.4, -0.2) is 12.0 Å². The van der Waals surface area contributed by atoms with Crippen molar-refractivity contribution < 1.29 is 9.53 Å². The molecule has 23 heavy (non-hydrogen) atoms. The number of anilines is 1. The monoisotopic (exact) mass is 311 g/mol. The molecule has 0 aliphatic rings.